The van der Waals surface area contributed by atoms with E-state index in [9.17, 15) is 10.1 Å². The minimum absolute atomic E-state index is 0.0516. The van der Waals surface area contributed by atoms with Gasteiger partial charge in [0.25, 0.3) is 5.69 Å². The molecule has 0 aliphatic carbocycles. The molecule has 0 aliphatic heterocycles. The van der Waals surface area contributed by atoms with E-state index in [-0.39, 0.29) is 5.69 Å². The molecule has 0 bridgehead atoms. The van der Waals surface area contributed by atoms with Crippen LogP contribution in [0.1, 0.15) is 0 Å². The quantitative estimate of drug-likeness (QED) is 0.284. The van der Waals surface area contributed by atoms with E-state index in [4.69, 9.17) is 4.63 Å². The fourth-order valence-corrected chi connectivity index (χ4v) is 2.92. The zero-order chi connectivity index (χ0) is 18.4. The zero-order valence-corrected chi connectivity index (χ0v) is 13.5. The van der Waals surface area contributed by atoms with Crippen LogP contribution < -0.4 is 0 Å². The highest BCUT2D eigenvalue weighted by Crippen LogP contribution is 2.39. The number of hydrogen-bond acceptors (Lipinski definition) is 8. The number of nitro benzene ring substituents is 1. The molecule has 10 heteroatoms. The van der Waals surface area contributed by atoms with Gasteiger partial charge in [0.05, 0.1) is 10.6 Å². The van der Waals surface area contributed by atoms with Crippen LogP contribution in [-0.4, -0.2) is 25.2 Å². The molecule has 5 aromatic rings. The van der Waals surface area contributed by atoms with Crippen LogP contribution in [0.3, 0.4) is 0 Å². The van der Waals surface area contributed by atoms with Crippen LogP contribution in [0.2, 0.25) is 0 Å². The molecule has 0 amide bonds. The van der Waals surface area contributed by atoms with Gasteiger partial charge >= 0.3 is 0 Å². The van der Waals surface area contributed by atoms with E-state index in [1.807, 2.05) is 24.3 Å². The first-order chi connectivity index (χ1) is 13.2. The summed E-state index contributed by atoms with van der Waals surface area (Å²) in [5, 5.41) is 27.5. The fourth-order valence-electron chi connectivity index (χ4n) is 2.92. The van der Waals surface area contributed by atoms with Crippen LogP contribution in [0.25, 0.3) is 33.1 Å². The molecule has 0 aliphatic rings. The Balaban J connectivity index is 1.73. The Morgan fingerprint density at radius 3 is 2.70 bits per heavy atom. The van der Waals surface area contributed by atoms with Crippen LogP contribution in [0.5, 0.6) is 0 Å². The molecule has 0 saturated carbocycles. The van der Waals surface area contributed by atoms with Gasteiger partial charge < -0.3 is 0 Å². The van der Waals surface area contributed by atoms with E-state index >= 15 is 0 Å². The zero-order valence-electron chi connectivity index (χ0n) is 13.5. The summed E-state index contributed by atoms with van der Waals surface area (Å²) in [6.45, 7) is 0. The molecule has 0 fully saturated rings. The van der Waals surface area contributed by atoms with Gasteiger partial charge in [-0.1, -0.05) is 30.3 Å². The Kier molecular flexibility index (Phi) is 3.16. The number of aromatic amines is 1. The van der Waals surface area contributed by atoms with Crippen LogP contribution >= 0.6 is 0 Å². The highest BCUT2D eigenvalue weighted by atomic mass is 16.6. The number of hydrogen-bond donors (Lipinski definition) is 1. The number of nitrogens with one attached hydrogen (secondary N) is 1. The lowest BCUT2D eigenvalue weighted by Crippen LogP contribution is -1.85. The standard InChI is InChI=1S/C17H9N7O3/c25-24(26)10-5-3-4-9(8-10)20-21-14-12-7-2-1-6-11(12)13-15(14)19-17-16(18-13)22-27-23-17/h1-8H,(H,19,23). The lowest BCUT2D eigenvalue weighted by molar-refractivity contribution is -0.384. The Morgan fingerprint density at radius 2 is 1.85 bits per heavy atom. The van der Waals surface area contributed by atoms with Crippen molar-refractivity contribution in [3.63, 3.8) is 0 Å². The first kappa shape index (κ1) is 15.1. The van der Waals surface area contributed by atoms with Crippen LogP contribution in [0.4, 0.5) is 17.1 Å². The summed E-state index contributed by atoms with van der Waals surface area (Å²) in [6, 6.07) is 13.5. The van der Waals surface area contributed by atoms with E-state index < -0.39 is 4.92 Å². The summed E-state index contributed by atoms with van der Waals surface area (Å²) < 4.78 is 4.80. The highest BCUT2D eigenvalue weighted by Gasteiger charge is 2.17. The van der Waals surface area contributed by atoms with E-state index in [0.717, 1.165) is 10.8 Å². The molecular weight excluding hydrogens is 350 g/mol. The van der Waals surface area contributed by atoms with Gasteiger partial charge in [-0.15, -0.1) is 5.11 Å². The number of aromatic nitrogens is 4. The number of azo groups is 1. The highest BCUT2D eigenvalue weighted by molar-refractivity contribution is 6.18. The summed E-state index contributed by atoms with van der Waals surface area (Å²) in [4.78, 5) is 19.4. The number of fused-ring (bicyclic) bond motifs is 4. The molecular formula is C17H9N7O3. The van der Waals surface area contributed by atoms with E-state index in [0.29, 0.717) is 33.7 Å². The molecule has 2 heterocycles. The number of rotatable bonds is 3. The van der Waals surface area contributed by atoms with E-state index in [1.165, 1.54) is 12.1 Å². The van der Waals surface area contributed by atoms with Gasteiger partial charge in [0, 0.05) is 22.9 Å². The van der Waals surface area contributed by atoms with Crippen LogP contribution in [-0.2, 0) is 0 Å². The molecule has 130 valence electrons. The van der Waals surface area contributed by atoms with E-state index in [1.54, 1.807) is 12.1 Å². The minimum atomic E-state index is -0.476. The van der Waals surface area contributed by atoms with Crippen molar-refractivity contribution < 1.29 is 9.55 Å². The topological polar surface area (TPSA) is 135 Å². The maximum Gasteiger partial charge on any atom is 0.271 e. The number of nitro groups is 1. The number of H-pyrrole nitrogens is 1. The molecule has 1 N–H and O–H groups in total. The molecule has 2 aromatic heterocycles. The van der Waals surface area contributed by atoms with Gasteiger partial charge in [0.1, 0.15) is 16.7 Å². The predicted octanol–water partition coefficient (Wildman–Crippen LogP) is 4.58. The largest absolute Gasteiger partial charge is 0.271 e. The smallest absolute Gasteiger partial charge is 0.267 e. The number of non-ortho nitro benzene ring substituents is 1. The summed E-state index contributed by atoms with van der Waals surface area (Å²) in [5.74, 6) is 0. The van der Waals surface area contributed by atoms with Gasteiger partial charge in [-0.2, -0.15) is 10.3 Å². The van der Waals surface area contributed by atoms with Crippen molar-refractivity contribution in [2.24, 2.45) is 10.2 Å². The average molecular weight is 359 g/mol. The lowest BCUT2D eigenvalue weighted by atomic mass is 10.2. The maximum atomic E-state index is 10.9. The SMILES string of the molecule is O=[N+]([O-])c1cccc(N=Nc2c3ccccc3c3nc4no[nH]c4nc23)c1. The Labute approximate surface area is 149 Å². The Bertz CT molecular complexity index is 1370. The van der Waals surface area contributed by atoms with Crippen molar-refractivity contribution in [2.75, 3.05) is 0 Å². The second kappa shape index (κ2) is 5.66. The maximum absolute atomic E-state index is 10.9. The molecule has 3 aromatic carbocycles. The second-order valence-corrected chi connectivity index (χ2v) is 5.75. The van der Waals surface area contributed by atoms with Gasteiger partial charge in [-0.05, 0) is 11.2 Å². The van der Waals surface area contributed by atoms with Gasteiger partial charge in [-0.3, -0.25) is 14.7 Å². The van der Waals surface area contributed by atoms with Gasteiger partial charge in [-0.25, -0.2) is 9.97 Å². The van der Waals surface area contributed by atoms with Gasteiger partial charge in [0.2, 0.25) is 11.3 Å². The van der Waals surface area contributed by atoms with Crippen molar-refractivity contribution >= 4 is 50.2 Å². The molecule has 27 heavy (non-hydrogen) atoms. The molecule has 5 rings (SSSR count). The van der Waals surface area contributed by atoms with Crippen LogP contribution in [0.15, 0.2) is 63.4 Å². The summed E-state index contributed by atoms with van der Waals surface area (Å²) in [7, 11) is 0. The molecule has 10 nitrogen and oxygen atoms in total. The second-order valence-electron chi connectivity index (χ2n) is 5.75. The van der Waals surface area contributed by atoms with E-state index in [2.05, 4.69) is 30.5 Å². The number of nitrogens with zero attached hydrogens (tertiary/aromatic N) is 6. The third-order valence-electron chi connectivity index (χ3n) is 4.12. The Morgan fingerprint density at radius 1 is 1.00 bits per heavy atom. The molecule has 0 atom stereocenters. The lowest BCUT2D eigenvalue weighted by Gasteiger charge is -1.94. The van der Waals surface area contributed by atoms with Crippen molar-refractivity contribution in [3.8, 4) is 0 Å². The fraction of sp³-hybridized carbons (Fsp3) is 0. The monoisotopic (exact) mass is 359 g/mol. The van der Waals surface area contributed by atoms with Crippen molar-refractivity contribution in [1.82, 2.24) is 20.3 Å². The average Bonchev–Trinajstić information content (AvgIpc) is 3.27. The van der Waals surface area contributed by atoms with Crippen molar-refractivity contribution in [3.05, 3.63) is 58.6 Å². The first-order valence-electron chi connectivity index (χ1n) is 7.89. The van der Waals surface area contributed by atoms with Crippen LogP contribution in [0, 0.1) is 10.1 Å². The first-order valence-corrected chi connectivity index (χ1v) is 7.89. The molecule has 0 radical (unpaired) electrons. The minimum Gasteiger partial charge on any atom is -0.267 e. The van der Waals surface area contributed by atoms with Crippen molar-refractivity contribution in [2.45, 2.75) is 0 Å². The van der Waals surface area contributed by atoms with Crippen molar-refractivity contribution in [1.29, 1.82) is 0 Å². The number of benzene rings is 2. The third-order valence-corrected chi connectivity index (χ3v) is 4.12. The predicted molar refractivity (Wildman–Crippen MR) is 96.2 cm³/mol. The third kappa shape index (κ3) is 2.39. The summed E-state index contributed by atoms with van der Waals surface area (Å²) >= 11 is 0. The molecule has 0 unspecified atom stereocenters. The Hall–Kier alpha value is -4.21. The van der Waals surface area contributed by atoms with Gasteiger partial charge in [0.15, 0.2) is 0 Å². The summed E-state index contributed by atoms with van der Waals surface area (Å²) in [6.07, 6.45) is 0. The molecule has 0 spiro atoms. The molecule has 0 saturated heterocycles. The summed E-state index contributed by atoms with van der Waals surface area (Å²) in [5.41, 5.74) is 2.77. The normalized spacial score (nSPS) is 11.9.